The lowest BCUT2D eigenvalue weighted by atomic mass is 10.1. The van der Waals surface area contributed by atoms with Crippen molar-refractivity contribution in [1.29, 1.82) is 0 Å². The highest BCUT2D eigenvalue weighted by molar-refractivity contribution is 7.93. The van der Waals surface area contributed by atoms with E-state index in [2.05, 4.69) is 0 Å². The molecule has 1 N–H and O–H groups in total. The Morgan fingerprint density at radius 1 is 1.33 bits per heavy atom. The quantitative estimate of drug-likeness (QED) is 0.942. The van der Waals surface area contributed by atoms with E-state index in [-0.39, 0.29) is 15.8 Å². The van der Waals surface area contributed by atoms with Gasteiger partial charge in [0.2, 0.25) is 0 Å². The summed E-state index contributed by atoms with van der Waals surface area (Å²) in [7, 11) is -3.87. The minimum absolute atomic E-state index is 0.136. The molecule has 0 aliphatic carbocycles. The summed E-state index contributed by atoms with van der Waals surface area (Å²) in [5.41, 5.74) is 1.59. The Bertz CT molecular complexity index is 810. The maximum Gasteiger partial charge on any atom is 0.347 e. The first-order valence-electron chi connectivity index (χ1n) is 6.36. The standard InChI is InChI=1S/C14H13NO4S2/c1-9-8-10-4-2-3-5-11(10)15(9)21(18,19)12-6-7-20-13(12)14(16)17/h2-7,9H,8H2,1H3,(H,16,17)/t9-/m0/s1. The van der Waals surface area contributed by atoms with Gasteiger partial charge in [-0.3, -0.25) is 4.31 Å². The van der Waals surface area contributed by atoms with E-state index in [9.17, 15) is 13.2 Å². The first kappa shape index (κ1) is 14.1. The smallest absolute Gasteiger partial charge is 0.347 e. The largest absolute Gasteiger partial charge is 0.477 e. The predicted octanol–water partition coefficient (Wildman–Crippen LogP) is 2.59. The number of carbonyl (C=O) groups is 1. The Morgan fingerprint density at radius 3 is 2.76 bits per heavy atom. The van der Waals surface area contributed by atoms with E-state index in [1.165, 1.54) is 15.8 Å². The second-order valence-electron chi connectivity index (χ2n) is 4.90. The van der Waals surface area contributed by atoms with Crippen LogP contribution in [0, 0.1) is 0 Å². The maximum absolute atomic E-state index is 12.9. The third-order valence-electron chi connectivity index (χ3n) is 3.50. The fourth-order valence-electron chi connectivity index (χ4n) is 2.67. The fraction of sp³-hybridized carbons (Fsp3) is 0.214. The molecule has 1 aliphatic heterocycles. The lowest BCUT2D eigenvalue weighted by Gasteiger charge is -2.24. The predicted molar refractivity (Wildman–Crippen MR) is 80.6 cm³/mol. The number of thiophene rings is 1. The number of carboxylic acids is 1. The third kappa shape index (κ3) is 2.13. The van der Waals surface area contributed by atoms with Crippen LogP contribution in [-0.4, -0.2) is 25.5 Å². The summed E-state index contributed by atoms with van der Waals surface area (Å²) in [6.07, 6.45) is 0.627. The van der Waals surface area contributed by atoms with Crippen molar-refractivity contribution in [3.05, 3.63) is 46.2 Å². The second-order valence-corrected chi connectivity index (χ2v) is 7.60. The number of sulfonamides is 1. The molecule has 0 saturated heterocycles. The molecule has 110 valence electrons. The Kier molecular flexibility index (Phi) is 3.26. The van der Waals surface area contributed by atoms with Crippen LogP contribution in [0.5, 0.6) is 0 Å². The third-order valence-corrected chi connectivity index (χ3v) is 6.51. The lowest BCUT2D eigenvalue weighted by molar-refractivity contribution is 0.0698. The van der Waals surface area contributed by atoms with Gasteiger partial charge in [0, 0.05) is 6.04 Å². The van der Waals surface area contributed by atoms with Crippen molar-refractivity contribution in [2.24, 2.45) is 0 Å². The number of carboxylic acid groups (broad SMARTS) is 1. The molecule has 0 bridgehead atoms. The number of nitrogens with zero attached hydrogens (tertiary/aromatic N) is 1. The molecule has 3 rings (SSSR count). The van der Waals surface area contributed by atoms with Crippen LogP contribution in [0.2, 0.25) is 0 Å². The van der Waals surface area contributed by atoms with Crippen molar-refractivity contribution < 1.29 is 18.3 Å². The molecule has 7 heteroatoms. The van der Waals surface area contributed by atoms with E-state index in [1.54, 1.807) is 12.1 Å². The number of aromatic carboxylic acids is 1. The SMILES string of the molecule is C[C@H]1Cc2ccccc2N1S(=O)(=O)c1ccsc1C(=O)O. The van der Waals surface area contributed by atoms with Gasteiger partial charge in [0.05, 0.1) is 5.69 Å². The Hall–Kier alpha value is -1.86. The zero-order valence-corrected chi connectivity index (χ0v) is 12.8. The summed E-state index contributed by atoms with van der Waals surface area (Å²) in [4.78, 5) is 10.9. The van der Waals surface area contributed by atoms with Gasteiger partial charge in [0.1, 0.15) is 9.77 Å². The molecule has 1 aliphatic rings. The molecule has 0 fully saturated rings. The number of benzene rings is 1. The van der Waals surface area contributed by atoms with E-state index >= 15 is 0 Å². The molecule has 5 nitrogen and oxygen atoms in total. The Morgan fingerprint density at radius 2 is 2.05 bits per heavy atom. The van der Waals surface area contributed by atoms with Gasteiger partial charge in [-0.1, -0.05) is 18.2 Å². The van der Waals surface area contributed by atoms with Crippen LogP contribution in [-0.2, 0) is 16.4 Å². The maximum atomic E-state index is 12.9. The average molecular weight is 323 g/mol. The average Bonchev–Trinajstić information content (AvgIpc) is 3.01. The van der Waals surface area contributed by atoms with Crippen LogP contribution in [0.3, 0.4) is 0 Å². The topological polar surface area (TPSA) is 74.7 Å². The van der Waals surface area contributed by atoms with Crippen molar-refractivity contribution in [2.45, 2.75) is 24.3 Å². The molecule has 21 heavy (non-hydrogen) atoms. The van der Waals surface area contributed by atoms with Gasteiger partial charge >= 0.3 is 5.97 Å². The van der Waals surface area contributed by atoms with E-state index < -0.39 is 16.0 Å². The molecule has 0 radical (unpaired) electrons. The molecule has 1 aromatic carbocycles. The zero-order valence-electron chi connectivity index (χ0n) is 11.2. The van der Waals surface area contributed by atoms with Crippen molar-refractivity contribution in [1.82, 2.24) is 0 Å². The van der Waals surface area contributed by atoms with Crippen LogP contribution in [0.4, 0.5) is 5.69 Å². The van der Waals surface area contributed by atoms with Gasteiger partial charge in [-0.2, -0.15) is 0 Å². The van der Waals surface area contributed by atoms with Gasteiger partial charge in [-0.05, 0) is 36.4 Å². The van der Waals surface area contributed by atoms with Crippen molar-refractivity contribution in [3.8, 4) is 0 Å². The fourth-order valence-corrected chi connectivity index (χ4v) is 5.60. The van der Waals surface area contributed by atoms with E-state index in [0.29, 0.717) is 12.1 Å². The number of hydrogen-bond acceptors (Lipinski definition) is 4. The molecule has 1 aromatic heterocycles. The van der Waals surface area contributed by atoms with Gasteiger partial charge in [0.15, 0.2) is 0 Å². The molecular weight excluding hydrogens is 310 g/mol. The highest BCUT2D eigenvalue weighted by Gasteiger charge is 2.38. The van der Waals surface area contributed by atoms with Crippen LogP contribution in [0.25, 0.3) is 0 Å². The monoisotopic (exact) mass is 323 g/mol. The summed E-state index contributed by atoms with van der Waals surface area (Å²) >= 11 is 0.920. The first-order chi connectivity index (χ1) is 9.93. The highest BCUT2D eigenvalue weighted by Crippen LogP contribution is 2.38. The number of hydrogen-bond donors (Lipinski definition) is 1. The van der Waals surface area contributed by atoms with E-state index in [0.717, 1.165) is 16.9 Å². The van der Waals surface area contributed by atoms with Crippen LogP contribution < -0.4 is 4.31 Å². The van der Waals surface area contributed by atoms with E-state index in [1.807, 2.05) is 19.1 Å². The molecule has 1 atom stereocenters. The van der Waals surface area contributed by atoms with Crippen molar-refractivity contribution in [2.75, 3.05) is 4.31 Å². The summed E-state index contributed by atoms with van der Waals surface area (Å²) in [5, 5.41) is 10.6. The number of anilines is 1. The van der Waals surface area contributed by atoms with Crippen LogP contribution >= 0.6 is 11.3 Å². The lowest BCUT2D eigenvalue weighted by Crippen LogP contribution is -2.36. The molecule has 2 heterocycles. The zero-order chi connectivity index (χ0) is 15.2. The Balaban J connectivity index is 2.15. The minimum Gasteiger partial charge on any atom is -0.477 e. The van der Waals surface area contributed by atoms with Gasteiger partial charge < -0.3 is 5.11 Å². The highest BCUT2D eigenvalue weighted by atomic mass is 32.2. The first-order valence-corrected chi connectivity index (χ1v) is 8.68. The second kappa shape index (κ2) is 4.85. The summed E-state index contributed by atoms with van der Waals surface area (Å²) in [6.45, 7) is 1.82. The Labute approximate surface area is 126 Å². The van der Waals surface area contributed by atoms with Crippen LogP contribution in [0.1, 0.15) is 22.2 Å². The number of para-hydroxylation sites is 1. The van der Waals surface area contributed by atoms with Gasteiger partial charge in [-0.25, -0.2) is 13.2 Å². The minimum atomic E-state index is -3.87. The van der Waals surface area contributed by atoms with Gasteiger partial charge in [-0.15, -0.1) is 11.3 Å². The summed E-state index contributed by atoms with van der Waals surface area (Å²) in [5.74, 6) is -1.22. The van der Waals surface area contributed by atoms with E-state index in [4.69, 9.17) is 5.11 Å². The molecular formula is C14H13NO4S2. The summed E-state index contributed by atoms with van der Waals surface area (Å²) in [6, 6.07) is 8.43. The van der Waals surface area contributed by atoms with Gasteiger partial charge in [0.25, 0.3) is 10.0 Å². The molecule has 2 aromatic rings. The normalized spacial score (nSPS) is 17.8. The van der Waals surface area contributed by atoms with Crippen LogP contribution in [0.15, 0.2) is 40.6 Å². The van der Waals surface area contributed by atoms with Crippen molar-refractivity contribution in [3.63, 3.8) is 0 Å². The number of fused-ring (bicyclic) bond motifs is 1. The summed E-state index contributed by atoms with van der Waals surface area (Å²) < 4.78 is 27.1. The molecule has 0 saturated carbocycles. The number of rotatable bonds is 3. The van der Waals surface area contributed by atoms with Crippen molar-refractivity contribution >= 4 is 33.0 Å². The molecule has 0 unspecified atom stereocenters. The molecule has 0 spiro atoms. The molecule has 0 amide bonds.